The van der Waals surface area contributed by atoms with Crippen LogP contribution in [0.15, 0.2) is 51.7 Å². The molecule has 0 saturated heterocycles. The molecule has 0 bridgehead atoms. The molecule has 0 unspecified atom stereocenters. The van der Waals surface area contributed by atoms with E-state index in [0.29, 0.717) is 21.9 Å². The van der Waals surface area contributed by atoms with Crippen molar-refractivity contribution < 1.29 is 23.8 Å². The summed E-state index contributed by atoms with van der Waals surface area (Å²) in [6, 6.07) is 10.5. The number of aliphatic carboxylic acids is 1. The molecule has 1 amide bonds. The number of rotatable bonds is 7. The van der Waals surface area contributed by atoms with E-state index in [1.165, 1.54) is 6.07 Å². The van der Waals surface area contributed by atoms with Crippen LogP contribution in [0.3, 0.4) is 0 Å². The van der Waals surface area contributed by atoms with Gasteiger partial charge in [-0.25, -0.2) is 9.59 Å². The van der Waals surface area contributed by atoms with Gasteiger partial charge in [0.15, 0.2) is 6.61 Å². The zero-order valence-corrected chi connectivity index (χ0v) is 17.2. The van der Waals surface area contributed by atoms with Crippen LogP contribution in [0.25, 0.3) is 11.0 Å². The predicted molar refractivity (Wildman–Crippen MR) is 112 cm³/mol. The monoisotopic (exact) mass is 429 g/mol. The highest BCUT2D eigenvalue weighted by molar-refractivity contribution is 6.30. The van der Waals surface area contributed by atoms with Gasteiger partial charge in [0.05, 0.1) is 0 Å². The molecule has 0 aliphatic rings. The lowest BCUT2D eigenvalue weighted by atomic mass is 10.1. The number of halogens is 1. The molecular formula is C22H20ClNO6. The van der Waals surface area contributed by atoms with Gasteiger partial charge in [0.2, 0.25) is 0 Å². The molecule has 0 saturated carbocycles. The molecule has 156 valence electrons. The van der Waals surface area contributed by atoms with E-state index < -0.39 is 23.5 Å². The SMILES string of the molecule is Cc1c(C)c2ccc(OCC(=O)N[C@@H](Cc3ccc(Cl)cc3)C(=O)O)cc2oc1=O. The molecule has 8 heteroatoms. The first-order valence-corrected chi connectivity index (χ1v) is 9.56. The second-order valence-electron chi connectivity index (χ2n) is 6.88. The van der Waals surface area contributed by atoms with E-state index in [9.17, 15) is 19.5 Å². The topological polar surface area (TPSA) is 106 Å². The highest BCUT2D eigenvalue weighted by atomic mass is 35.5. The number of hydrogen-bond donors (Lipinski definition) is 2. The minimum absolute atomic E-state index is 0.109. The molecular weight excluding hydrogens is 410 g/mol. The number of hydrogen-bond acceptors (Lipinski definition) is 5. The van der Waals surface area contributed by atoms with Gasteiger partial charge >= 0.3 is 11.6 Å². The third-order valence-electron chi connectivity index (χ3n) is 4.78. The summed E-state index contributed by atoms with van der Waals surface area (Å²) in [4.78, 5) is 35.5. The molecule has 0 aliphatic heterocycles. The molecule has 1 aromatic heterocycles. The van der Waals surface area contributed by atoms with Crippen molar-refractivity contribution in [3.63, 3.8) is 0 Å². The van der Waals surface area contributed by atoms with E-state index >= 15 is 0 Å². The van der Waals surface area contributed by atoms with Gasteiger partial charge in [-0.1, -0.05) is 23.7 Å². The number of fused-ring (bicyclic) bond motifs is 1. The van der Waals surface area contributed by atoms with Gasteiger partial charge in [-0.3, -0.25) is 4.79 Å². The van der Waals surface area contributed by atoms with Crippen molar-refractivity contribution >= 4 is 34.4 Å². The molecule has 0 radical (unpaired) electrons. The first-order chi connectivity index (χ1) is 14.2. The van der Waals surface area contributed by atoms with Crippen molar-refractivity contribution in [1.82, 2.24) is 5.32 Å². The minimum atomic E-state index is -1.16. The molecule has 3 rings (SSSR count). The van der Waals surface area contributed by atoms with Crippen molar-refractivity contribution in [3.8, 4) is 5.75 Å². The molecule has 2 N–H and O–H groups in total. The maximum atomic E-state index is 12.2. The zero-order valence-electron chi connectivity index (χ0n) is 16.4. The Bertz CT molecular complexity index is 1150. The van der Waals surface area contributed by atoms with E-state index in [-0.39, 0.29) is 13.0 Å². The standard InChI is InChI=1S/C22H20ClNO6/c1-12-13(2)22(28)30-19-10-16(7-8-17(12)19)29-11-20(25)24-18(21(26)27)9-14-3-5-15(23)6-4-14/h3-8,10,18H,9,11H2,1-2H3,(H,24,25)(H,26,27)/t18-/m0/s1. The number of aryl methyl sites for hydroxylation is 1. The molecule has 1 heterocycles. The maximum Gasteiger partial charge on any atom is 0.339 e. The highest BCUT2D eigenvalue weighted by Crippen LogP contribution is 2.23. The molecule has 7 nitrogen and oxygen atoms in total. The van der Waals surface area contributed by atoms with Gasteiger partial charge in [-0.2, -0.15) is 0 Å². The van der Waals surface area contributed by atoms with Crippen LogP contribution in [0.2, 0.25) is 5.02 Å². The van der Waals surface area contributed by atoms with E-state index in [2.05, 4.69) is 5.32 Å². The average molecular weight is 430 g/mol. The molecule has 2 aromatic carbocycles. The summed E-state index contributed by atoms with van der Waals surface area (Å²) in [7, 11) is 0. The Morgan fingerprint density at radius 3 is 2.50 bits per heavy atom. The van der Waals surface area contributed by atoms with Gasteiger partial charge in [-0.15, -0.1) is 0 Å². The number of amides is 1. The number of carboxylic acid groups (broad SMARTS) is 1. The fourth-order valence-electron chi connectivity index (χ4n) is 2.96. The van der Waals surface area contributed by atoms with Crippen molar-refractivity contribution in [2.24, 2.45) is 0 Å². The number of ether oxygens (including phenoxy) is 1. The highest BCUT2D eigenvalue weighted by Gasteiger charge is 2.21. The number of benzene rings is 2. The molecule has 3 aromatic rings. The Morgan fingerprint density at radius 1 is 1.13 bits per heavy atom. The van der Waals surface area contributed by atoms with Crippen LogP contribution >= 0.6 is 11.6 Å². The smallest absolute Gasteiger partial charge is 0.339 e. The Labute approximate surface area is 177 Å². The molecule has 1 atom stereocenters. The Hall–Kier alpha value is -3.32. The van der Waals surface area contributed by atoms with Crippen LogP contribution in [0.5, 0.6) is 5.75 Å². The van der Waals surface area contributed by atoms with Crippen LogP contribution in [-0.2, 0) is 16.0 Å². The average Bonchev–Trinajstić information content (AvgIpc) is 2.71. The van der Waals surface area contributed by atoms with Crippen LogP contribution in [-0.4, -0.2) is 29.6 Å². The second kappa shape index (κ2) is 9.00. The van der Waals surface area contributed by atoms with Gasteiger partial charge in [0, 0.05) is 28.5 Å². The van der Waals surface area contributed by atoms with Crippen molar-refractivity contribution in [1.29, 1.82) is 0 Å². The first-order valence-electron chi connectivity index (χ1n) is 9.18. The van der Waals surface area contributed by atoms with Gasteiger partial charge in [0.25, 0.3) is 5.91 Å². The summed E-state index contributed by atoms with van der Waals surface area (Å²) < 4.78 is 10.7. The Balaban J connectivity index is 1.65. The Kier molecular flexibility index (Phi) is 6.42. The zero-order chi connectivity index (χ0) is 21.8. The van der Waals surface area contributed by atoms with Crippen LogP contribution < -0.4 is 15.7 Å². The molecule has 30 heavy (non-hydrogen) atoms. The van der Waals surface area contributed by atoms with Crippen LogP contribution in [0.4, 0.5) is 0 Å². The summed E-state index contributed by atoms with van der Waals surface area (Å²) in [5, 5.41) is 13.2. The van der Waals surface area contributed by atoms with Gasteiger partial charge in [-0.05, 0) is 49.2 Å². The van der Waals surface area contributed by atoms with Gasteiger partial charge < -0.3 is 19.6 Å². The summed E-state index contributed by atoms with van der Waals surface area (Å²) in [5.74, 6) is -1.41. The lowest BCUT2D eigenvalue weighted by Crippen LogP contribution is -2.44. The quantitative estimate of drug-likeness (QED) is 0.558. The molecule has 0 aliphatic carbocycles. The largest absolute Gasteiger partial charge is 0.484 e. The van der Waals surface area contributed by atoms with Crippen molar-refractivity contribution in [3.05, 3.63) is 74.6 Å². The normalized spacial score (nSPS) is 11.8. The molecule has 0 fully saturated rings. The van der Waals surface area contributed by atoms with E-state index in [0.717, 1.165) is 16.5 Å². The van der Waals surface area contributed by atoms with E-state index in [1.807, 2.05) is 6.92 Å². The maximum absolute atomic E-state index is 12.2. The second-order valence-corrected chi connectivity index (χ2v) is 7.31. The summed E-state index contributed by atoms with van der Waals surface area (Å²) in [6.07, 6.45) is 0.109. The predicted octanol–water partition coefficient (Wildman–Crippen LogP) is 3.25. The van der Waals surface area contributed by atoms with Crippen molar-refractivity contribution in [2.75, 3.05) is 6.61 Å². The number of carboxylic acids is 1. The lowest BCUT2D eigenvalue weighted by molar-refractivity contribution is -0.142. The third kappa shape index (κ3) is 4.99. The van der Waals surface area contributed by atoms with Crippen LogP contribution in [0.1, 0.15) is 16.7 Å². The Morgan fingerprint density at radius 2 is 1.83 bits per heavy atom. The number of nitrogens with one attached hydrogen (secondary N) is 1. The van der Waals surface area contributed by atoms with Crippen LogP contribution in [0, 0.1) is 13.8 Å². The fraction of sp³-hybridized carbons (Fsp3) is 0.227. The van der Waals surface area contributed by atoms with Crippen molar-refractivity contribution in [2.45, 2.75) is 26.3 Å². The number of carbonyl (C=O) groups is 2. The summed E-state index contributed by atoms with van der Waals surface area (Å²) in [6.45, 7) is 3.14. The first kappa shape index (κ1) is 21.4. The molecule has 0 spiro atoms. The van der Waals surface area contributed by atoms with Gasteiger partial charge in [0.1, 0.15) is 17.4 Å². The minimum Gasteiger partial charge on any atom is -0.484 e. The fourth-order valence-corrected chi connectivity index (χ4v) is 3.09. The van der Waals surface area contributed by atoms with E-state index in [4.69, 9.17) is 20.8 Å². The number of carbonyl (C=O) groups excluding carboxylic acids is 1. The summed E-state index contributed by atoms with van der Waals surface area (Å²) in [5.41, 5.74) is 2.00. The lowest BCUT2D eigenvalue weighted by Gasteiger charge is -2.15. The summed E-state index contributed by atoms with van der Waals surface area (Å²) >= 11 is 5.83. The third-order valence-corrected chi connectivity index (χ3v) is 5.04. The van der Waals surface area contributed by atoms with E-state index in [1.54, 1.807) is 43.3 Å².